The second kappa shape index (κ2) is 7.48. The molecule has 3 rings (SSSR count). The smallest absolute Gasteiger partial charge is 0.287 e. The molecule has 8 heteroatoms. The average molecular weight is 344 g/mol. The molecule has 0 aliphatic carbocycles. The van der Waals surface area contributed by atoms with Gasteiger partial charge in [0.05, 0.1) is 0 Å². The van der Waals surface area contributed by atoms with Gasteiger partial charge in [0, 0.05) is 78.5 Å². The molecular weight excluding hydrogens is 311 g/mol. The lowest BCUT2D eigenvalue weighted by atomic mass is 10.4. The summed E-state index contributed by atoms with van der Waals surface area (Å²) in [4.78, 5) is 7.03. The maximum atomic E-state index is 14.3. The first kappa shape index (κ1) is 17.8. The summed E-state index contributed by atoms with van der Waals surface area (Å²) in [6.07, 6.45) is 0. The van der Waals surface area contributed by atoms with E-state index in [-0.39, 0.29) is 0 Å². The van der Waals surface area contributed by atoms with Crippen LogP contribution >= 0.6 is 7.59 Å². The highest BCUT2D eigenvalue weighted by atomic mass is 31.2. The molecule has 0 aromatic heterocycles. The summed E-state index contributed by atoms with van der Waals surface area (Å²) in [5.74, 6) is 0. The van der Waals surface area contributed by atoms with Gasteiger partial charge in [0.25, 0.3) is 7.59 Å². The molecule has 0 unspecified atom stereocenters. The van der Waals surface area contributed by atoms with E-state index < -0.39 is 7.59 Å². The molecule has 0 atom stereocenters. The Morgan fingerprint density at radius 1 is 0.478 bits per heavy atom. The van der Waals surface area contributed by atoms with Crippen LogP contribution in [0.15, 0.2) is 0 Å². The van der Waals surface area contributed by atoms with Gasteiger partial charge in [0.15, 0.2) is 0 Å². The van der Waals surface area contributed by atoms with Crippen molar-refractivity contribution < 1.29 is 4.57 Å². The molecule has 0 aromatic carbocycles. The summed E-state index contributed by atoms with van der Waals surface area (Å²) >= 11 is 0. The molecule has 3 fully saturated rings. The highest BCUT2D eigenvalue weighted by molar-refractivity contribution is 7.56. The molecule has 0 aromatic rings. The first-order chi connectivity index (χ1) is 11.0. The Labute approximate surface area is 141 Å². The summed E-state index contributed by atoms with van der Waals surface area (Å²) in [5, 5.41) is 0. The minimum atomic E-state index is -2.61. The van der Waals surface area contributed by atoms with E-state index in [4.69, 9.17) is 0 Å². The van der Waals surface area contributed by atoms with Gasteiger partial charge < -0.3 is 14.7 Å². The topological polar surface area (TPSA) is 36.5 Å². The van der Waals surface area contributed by atoms with Crippen LogP contribution in [0, 0.1) is 0 Å². The number of hydrogen-bond donors (Lipinski definition) is 0. The maximum absolute atomic E-state index is 14.3. The fourth-order valence-electron chi connectivity index (χ4n) is 3.71. The third-order valence-electron chi connectivity index (χ3n) is 5.54. The number of likely N-dealkylation sites (N-methyl/N-ethyl adjacent to an activating group) is 3. The lowest BCUT2D eigenvalue weighted by Crippen LogP contribution is -2.55. The zero-order valence-electron chi connectivity index (χ0n) is 15.0. The van der Waals surface area contributed by atoms with E-state index in [1.165, 1.54) is 0 Å². The van der Waals surface area contributed by atoms with Crippen LogP contribution in [0.2, 0.25) is 0 Å². The van der Waals surface area contributed by atoms with E-state index in [1.54, 1.807) is 0 Å². The molecule has 0 bridgehead atoms. The van der Waals surface area contributed by atoms with E-state index in [9.17, 15) is 4.57 Å². The van der Waals surface area contributed by atoms with Gasteiger partial charge in [-0.15, -0.1) is 0 Å². The molecule has 7 nitrogen and oxygen atoms in total. The van der Waals surface area contributed by atoms with E-state index in [0.717, 1.165) is 78.5 Å². The molecule has 3 aliphatic heterocycles. The first-order valence-corrected chi connectivity index (χ1v) is 10.5. The Kier molecular flexibility index (Phi) is 5.79. The fourth-order valence-corrected chi connectivity index (χ4v) is 6.88. The third kappa shape index (κ3) is 3.82. The average Bonchev–Trinajstić information content (AvgIpc) is 2.56. The highest BCUT2D eigenvalue weighted by Crippen LogP contribution is 2.57. The maximum Gasteiger partial charge on any atom is 0.287 e. The summed E-state index contributed by atoms with van der Waals surface area (Å²) < 4.78 is 21.2. The van der Waals surface area contributed by atoms with Crippen molar-refractivity contribution in [3.8, 4) is 0 Å². The number of hydrogen-bond acceptors (Lipinski definition) is 4. The molecule has 0 saturated carbocycles. The molecule has 0 spiro atoms. The Morgan fingerprint density at radius 3 is 0.913 bits per heavy atom. The van der Waals surface area contributed by atoms with Gasteiger partial charge in [-0.25, -0.2) is 14.0 Å². The molecular formula is C15H33N6OP. The van der Waals surface area contributed by atoms with Crippen LogP contribution in [0.25, 0.3) is 0 Å². The molecule has 0 N–H and O–H groups in total. The van der Waals surface area contributed by atoms with Crippen molar-refractivity contribution >= 4 is 7.59 Å². The van der Waals surface area contributed by atoms with Crippen LogP contribution in [-0.4, -0.2) is 128 Å². The van der Waals surface area contributed by atoms with Crippen LogP contribution in [0.5, 0.6) is 0 Å². The number of piperazine rings is 3. The predicted molar refractivity (Wildman–Crippen MR) is 94.8 cm³/mol. The zero-order chi connectivity index (χ0) is 16.4. The summed E-state index contributed by atoms with van der Waals surface area (Å²) in [6, 6.07) is 0. The normalized spacial score (nSPS) is 29.2. The standard InChI is InChI=1S/C15H33N6OP/c1-16-4-10-19(11-5-16)23(22,20-12-6-17(2)7-13-20)21-14-8-18(3)9-15-21/h4-15H2,1-3H3. The largest absolute Gasteiger partial charge is 0.304 e. The van der Waals surface area contributed by atoms with Crippen molar-refractivity contribution in [1.82, 2.24) is 28.7 Å². The summed E-state index contributed by atoms with van der Waals surface area (Å²) in [5.41, 5.74) is 0. The van der Waals surface area contributed by atoms with E-state index in [0.29, 0.717) is 0 Å². The monoisotopic (exact) mass is 344 g/mol. The summed E-state index contributed by atoms with van der Waals surface area (Å²) in [7, 11) is 3.88. The van der Waals surface area contributed by atoms with Crippen molar-refractivity contribution in [2.45, 2.75) is 0 Å². The highest BCUT2D eigenvalue weighted by Gasteiger charge is 2.45. The molecule has 23 heavy (non-hydrogen) atoms. The van der Waals surface area contributed by atoms with Gasteiger partial charge in [-0.3, -0.25) is 4.57 Å². The van der Waals surface area contributed by atoms with Gasteiger partial charge >= 0.3 is 0 Å². The molecule has 0 amide bonds. The van der Waals surface area contributed by atoms with Gasteiger partial charge in [0.2, 0.25) is 0 Å². The van der Waals surface area contributed by atoms with Gasteiger partial charge in [0.1, 0.15) is 0 Å². The van der Waals surface area contributed by atoms with Crippen molar-refractivity contribution in [2.24, 2.45) is 0 Å². The van der Waals surface area contributed by atoms with E-state index in [1.807, 2.05) is 0 Å². The predicted octanol–water partition coefficient (Wildman–Crippen LogP) is -0.163. The van der Waals surface area contributed by atoms with Crippen molar-refractivity contribution in [1.29, 1.82) is 0 Å². The quantitative estimate of drug-likeness (QED) is 0.659. The Hall–Kier alpha value is -0.0100. The third-order valence-corrected chi connectivity index (χ3v) is 8.96. The fraction of sp³-hybridized carbons (Fsp3) is 1.00. The van der Waals surface area contributed by atoms with E-state index >= 15 is 0 Å². The molecule has 134 valence electrons. The van der Waals surface area contributed by atoms with Gasteiger partial charge in [-0.1, -0.05) is 0 Å². The van der Waals surface area contributed by atoms with Gasteiger partial charge in [-0.2, -0.15) is 0 Å². The number of nitrogens with zero attached hydrogens (tertiary/aromatic N) is 6. The summed E-state index contributed by atoms with van der Waals surface area (Å²) in [6.45, 7) is 11.7. The SMILES string of the molecule is CN1CCN(P(=O)(N2CCN(C)CC2)N2CCN(C)CC2)CC1. The molecule has 0 radical (unpaired) electrons. The number of rotatable bonds is 3. The van der Waals surface area contributed by atoms with Crippen LogP contribution in [0.4, 0.5) is 0 Å². The van der Waals surface area contributed by atoms with E-state index in [2.05, 4.69) is 49.9 Å². The Balaban J connectivity index is 1.78. The molecule has 3 heterocycles. The lowest BCUT2D eigenvalue weighted by Gasteiger charge is -2.50. The minimum absolute atomic E-state index is 0.923. The second-order valence-corrected chi connectivity index (χ2v) is 10.0. The second-order valence-electron chi connectivity index (χ2n) is 7.28. The van der Waals surface area contributed by atoms with Crippen LogP contribution < -0.4 is 0 Å². The van der Waals surface area contributed by atoms with Crippen LogP contribution in [0.1, 0.15) is 0 Å². The van der Waals surface area contributed by atoms with Crippen molar-refractivity contribution in [3.05, 3.63) is 0 Å². The van der Waals surface area contributed by atoms with Crippen LogP contribution in [0.3, 0.4) is 0 Å². The first-order valence-electron chi connectivity index (χ1n) is 8.92. The molecule has 3 aliphatic rings. The molecule has 3 saturated heterocycles. The van der Waals surface area contributed by atoms with Crippen molar-refractivity contribution in [3.63, 3.8) is 0 Å². The van der Waals surface area contributed by atoms with Crippen LogP contribution in [-0.2, 0) is 4.57 Å². The lowest BCUT2D eigenvalue weighted by molar-refractivity contribution is 0.144. The Bertz CT molecular complexity index is 364. The minimum Gasteiger partial charge on any atom is -0.304 e. The van der Waals surface area contributed by atoms with Gasteiger partial charge in [-0.05, 0) is 21.1 Å². The van der Waals surface area contributed by atoms with Crippen molar-refractivity contribution in [2.75, 3.05) is 99.7 Å². The Morgan fingerprint density at radius 2 is 0.696 bits per heavy atom. The zero-order valence-corrected chi connectivity index (χ0v) is 15.9.